The number of allylic oxidation sites excluding steroid dienone is 9. The van der Waals surface area contributed by atoms with Crippen LogP contribution in [0.15, 0.2) is 58.7 Å². The molecule has 0 unspecified atom stereocenters. The zero-order valence-corrected chi connectivity index (χ0v) is 20.2. The van der Waals surface area contributed by atoms with Crippen LogP contribution in [0.4, 0.5) is 0 Å². The smallest absolute Gasteiger partial charge is 0.469 e. The first kappa shape index (κ1) is 27.8. The van der Waals surface area contributed by atoms with Gasteiger partial charge in [-0.1, -0.05) is 55.4 Å². The van der Waals surface area contributed by atoms with Gasteiger partial charge in [-0.2, -0.15) is 0 Å². The van der Waals surface area contributed by atoms with Gasteiger partial charge < -0.3 is 20.2 Å². The van der Waals surface area contributed by atoms with Gasteiger partial charge in [0.1, 0.15) is 0 Å². The molecule has 178 valence electrons. The van der Waals surface area contributed by atoms with Crippen molar-refractivity contribution in [2.24, 2.45) is 5.41 Å². The van der Waals surface area contributed by atoms with Gasteiger partial charge in [0.15, 0.2) is 6.04 Å². The first-order valence-corrected chi connectivity index (χ1v) is 11.9. The summed E-state index contributed by atoms with van der Waals surface area (Å²) in [7, 11) is -4.84. The van der Waals surface area contributed by atoms with Gasteiger partial charge in [-0.3, -0.25) is 9.32 Å². The Balaban J connectivity index is 2.73. The molecule has 0 saturated heterocycles. The zero-order chi connectivity index (χ0) is 24.5. The van der Waals surface area contributed by atoms with Gasteiger partial charge in [-0.15, -0.1) is 0 Å². The number of carbonyl (C=O) groups excluding carboxylic acids is 1. The van der Waals surface area contributed by atoms with E-state index in [0.29, 0.717) is 5.57 Å². The molecular weight excluding hydrogens is 433 g/mol. The van der Waals surface area contributed by atoms with E-state index < -0.39 is 32.3 Å². The number of hydrogen-bond donors (Lipinski definition) is 4. The maximum absolute atomic E-state index is 12.0. The summed E-state index contributed by atoms with van der Waals surface area (Å²) in [5.74, 6) is -2.18. The van der Waals surface area contributed by atoms with E-state index in [-0.39, 0.29) is 5.41 Å². The molecule has 0 bridgehead atoms. The van der Waals surface area contributed by atoms with Gasteiger partial charge >= 0.3 is 13.8 Å². The van der Waals surface area contributed by atoms with Crippen LogP contribution in [0.2, 0.25) is 0 Å². The largest absolute Gasteiger partial charge is 0.480 e. The van der Waals surface area contributed by atoms with Crippen LogP contribution in [-0.2, 0) is 18.7 Å². The Morgan fingerprint density at radius 3 is 2.44 bits per heavy atom. The Morgan fingerprint density at radius 2 is 1.88 bits per heavy atom. The summed E-state index contributed by atoms with van der Waals surface area (Å²) in [4.78, 5) is 40.5. The van der Waals surface area contributed by atoms with E-state index in [4.69, 9.17) is 14.9 Å². The van der Waals surface area contributed by atoms with Gasteiger partial charge in [0.25, 0.3) is 0 Å². The predicted octanol–water partition coefficient (Wildman–Crippen LogP) is 4.20. The zero-order valence-electron chi connectivity index (χ0n) is 19.3. The molecule has 8 nitrogen and oxygen atoms in total. The number of phosphoric ester groups is 1. The lowest BCUT2D eigenvalue weighted by Crippen LogP contribution is -2.43. The van der Waals surface area contributed by atoms with Crippen molar-refractivity contribution in [3.05, 3.63) is 58.7 Å². The third kappa shape index (κ3) is 10.4. The minimum absolute atomic E-state index is 0.172. The fraction of sp³-hybridized carbons (Fsp3) is 0.478. The van der Waals surface area contributed by atoms with Crippen molar-refractivity contribution in [1.82, 2.24) is 5.32 Å². The summed E-state index contributed by atoms with van der Waals surface area (Å²) in [5, 5.41) is 11.2. The van der Waals surface area contributed by atoms with Crippen LogP contribution in [0.3, 0.4) is 0 Å². The minimum Gasteiger partial charge on any atom is -0.480 e. The predicted molar refractivity (Wildman–Crippen MR) is 124 cm³/mol. The van der Waals surface area contributed by atoms with Crippen LogP contribution in [-0.4, -0.2) is 39.4 Å². The molecule has 0 heterocycles. The minimum atomic E-state index is -4.84. The van der Waals surface area contributed by atoms with E-state index in [0.717, 1.165) is 12.0 Å². The molecule has 0 radical (unpaired) electrons. The summed E-state index contributed by atoms with van der Waals surface area (Å²) in [6.45, 7) is 9.52. The van der Waals surface area contributed by atoms with Crippen molar-refractivity contribution < 1.29 is 33.6 Å². The number of aliphatic carboxylic acids is 1. The van der Waals surface area contributed by atoms with Crippen LogP contribution < -0.4 is 5.32 Å². The molecule has 0 aromatic heterocycles. The first-order valence-electron chi connectivity index (χ1n) is 10.4. The molecule has 0 fully saturated rings. The van der Waals surface area contributed by atoms with Crippen molar-refractivity contribution >= 4 is 19.7 Å². The second-order valence-corrected chi connectivity index (χ2v) is 9.85. The Labute approximate surface area is 189 Å². The Morgan fingerprint density at radius 1 is 1.22 bits per heavy atom. The highest BCUT2D eigenvalue weighted by Crippen LogP contribution is 2.40. The van der Waals surface area contributed by atoms with E-state index in [1.807, 2.05) is 13.0 Å². The number of nitrogens with one attached hydrogen (secondary N) is 1. The van der Waals surface area contributed by atoms with E-state index in [2.05, 4.69) is 42.8 Å². The summed E-state index contributed by atoms with van der Waals surface area (Å²) in [5.41, 5.74) is 4.59. The van der Waals surface area contributed by atoms with Gasteiger partial charge in [0.2, 0.25) is 5.91 Å². The molecule has 0 aliphatic heterocycles. The molecule has 4 N–H and O–H groups in total. The molecular formula is C23H34NO7P. The number of amides is 1. The fourth-order valence-electron chi connectivity index (χ4n) is 3.45. The number of carbonyl (C=O) groups is 2. The molecule has 1 rings (SSSR count). The SMILES string of the molecule is CC1=C(/C=C/C(C)=C/C=C/C(C)=C\C(=O)N[C@@H](COP(=O)(O)O)C(=O)O)C(C)(C)CCC1. The monoisotopic (exact) mass is 467 g/mol. The second-order valence-electron chi connectivity index (χ2n) is 8.61. The lowest BCUT2D eigenvalue weighted by molar-refractivity contribution is -0.142. The van der Waals surface area contributed by atoms with Crippen molar-refractivity contribution in [3.63, 3.8) is 0 Å². The molecule has 0 saturated carbocycles. The van der Waals surface area contributed by atoms with Crippen molar-refractivity contribution in [3.8, 4) is 0 Å². The van der Waals surface area contributed by atoms with Gasteiger partial charge in [-0.05, 0) is 56.6 Å². The van der Waals surface area contributed by atoms with Crippen molar-refractivity contribution in [2.75, 3.05) is 6.61 Å². The standard InChI is InChI=1S/C23H34NO7P/c1-16(11-12-19-18(3)10-7-13-23(19,4)5)8-6-9-17(2)14-21(25)24-20(22(26)27)15-31-32(28,29)30/h6,8-9,11-12,14,20H,7,10,13,15H2,1-5H3,(H,24,25)(H,26,27)(H2,28,29,30)/b9-6+,12-11+,16-8+,17-14-/t20-/m0/s1. The number of carboxylic acids is 1. The average Bonchev–Trinajstić information content (AvgIpc) is 2.63. The Bertz CT molecular complexity index is 903. The highest BCUT2D eigenvalue weighted by Gasteiger charge is 2.26. The number of rotatable bonds is 10. The van der Waals surface area contributed by atoms with Gasteiger partial charge in [0, 0.05) is 6.08 Å². The lowest BCUT2D eigenvalue weighted by Gasteiger charge is -2.32. The summed E-state index contributed by atoms with van der Waals surface area (Å²) in [6.07, 6.45) is 14.4. The van der Waals surface area contributed by atoms with Gasteiger partial charge in [-0.25, -0.2) is 9.36 Å². The number of phosphoric acid groups is 1. The van der Waals surface area contributed by atoms with E-state index in [9.17, 15) is 14.2 Å². The van der Waals surface area contributed by atoms with Crippen LogP contribution in [0.1, 0.15) is 53.9 Å². The summed E-state index contributed by atoms with van der Waals surface area (Å²) in [6, 6.07) is -1.59. The van der Waals surface area contributed by atoms with Crippen LogP contribution in [0.25, 0.3) is 0 Å². The van der Waals surface area contributed by atoms with Crippen LogP contribution in [0, 0.1) is 5.41 Å². The topological polar surface area (TPSA) is 133 Å². The molecule has 0 aromatic rings. The molecule has 1 atom stereocenters. The molecule has 0 aromatic carbocycles. The Hall–Kier alpha value is -2.25. The van der Waals surface area contributed by atoms with Crippen LogP contribution in [0.5, 0.6) is 0 Å². The van der Waals surface area contributed by atoms with E-state index >= 15 is 0 Å². The summed E-state index contributed by atoms with van der Waals surface area (Å²) < 4.78 is 14.9. The highest BCUT2D eigenvalue weighted by molar-refractivity contribution is 7.46. The maximum atomic E-state index is 12.0. The molecule has 1 aliphatic carbocycles. The van der Waals surface area contributed by atoms with Gasteiger partial charge in [0.05, 0.1) is 6.61 Å². The molecule has 9 heteroatoms. The molecule has 0 spiro atoms. The number of hydrogen-bond acceptors (Lipinski definition) is 4. The normalized spacial score (nSPS) is 19.0. The van der Waals surface area contributed by atoms with Crippen LogP contribution >= 0.6 is 7.82 Å². The lowest BCUT2D eigenvalue weighted by atomic mass is 9.72. The molecule has 1 amide bonds. The molecule has 32 heavy (non-hydrogen) atoms. The van der Waals surface area contributed by atoms with E-state index in [1.165, 1.54) is 30.1 Å². The third-order valence-electron chi connectivity index (χ3n) is 5.16. The summed E-state index contributed by atoms with van der Waals surface area (Å²) >= 11 is 0. The fourth-order valence-corrected chi connectivity index (χ4v) is 3.79. The third-order valence-corrected chi connectivity index (χ3v) is 5.64. The highest BCUT2D eigenvalue weighted by atomic mass is 31.2. The quantitative estimate of drug-likeness (QED) is 0.215. The van der Waals surface area contributed by atoms with Crippen molar-refractivity contribution in [1.29, 1.82) is 0 Å². The Kier molecular flexibility index (Phi) is 10.5. The maximum Gasteiger partial charge on any atom is 0.469 e. The first-order chi connectivity index (χ1) is 14.7. The second kappa shape index (κ2) is 12.1. The molecule has 1 aliphatic rings. The average molecular weight is 467 g/mol. The van der Waals surface area contributed by atoms with E-state index in [1.54, 1.807) is 19.1 Å². The number of carboxylic acid groups (broad SMARTS) is 1. The van der Waals surface area contributed by atoms with Crippen molar-refractivity contribution in [2.45, 2.75) is 59.9 Å².